The van der Waals surface area contributed by atoms with Crippen LogP contribution in [0.15, 0.2) is 54.6 Å². The van der Waals surface area contributed by atoms with Gasteiger partial charge in [-0.25, -0.2) is 4.98 Å². The second-order valence-electron chi connectivity index (χ2n) is 6.06. The Morgan fingerprint density at radius 2 is 1.89 bits per heavy atom. The first kappa shape index (κ1) is 18.2. The summed E-state index contributed by atoms with van der Waals surface area (Å²) in [5.74, 6) is 2.14. The van der Waals surface area contributed by atoms with Gasteiger partial charge in [-0.2, -0.15) is 10.2 Å². The minimum Gasteiger partial charge on any atom is -0.497 e. The quantitative estimate of drug-likeness (QED) is 0.662. The van der Waals surface area contributed by atoms with Crippen LogP contribution in [-0.2, 0) is 6.42 Å². The van der Waals surface area contributed by atoms with Gasteiger partial charge in [-0.3, -0.25) is 0 Å². The zero-order valence-corrected chi connectivity index (χ0v) is 15.4. The molecule has 0 spiro atoms. The van der Waals surface area contributed by atoms with E-state index in [2.05, 4.69) is 32.7 Å². The van der Waals surface area contributed by atoms with E-state index in [0.717, 1.165) is 35.9 Å². The van der Waals surface area contributed by atoms with E-state index in [1.54, 1.807) is 19.2 Å². The number of aryl methyl sites for hydroxylation is 1. The number of nitrogens with one attached hydrogen (secondary N) is 2. The number of aromatic nitrogens is 2. The molecule has 0 saturated heterocycles. The molecule has 0 aliphatic carbocycles. The Hall–Kier alpha value is -3.59. The van der Waals surface area contributed by atoms with Gasteiger partial charge in [-0.15, -0.1) is 0 Å². The maximum absolute atomic E-state index is 8.87. The first-order chi connectivity index (χ1) is 13.2. The molecule has 0 unspecified atom stereocenters. The minimum atomic E-state index is 0.517. The summed E-state index contributed by atoms with van der Waals surface area (Å²) in [5.41, 5.74) is 3.51. The van der Waals surface area contributed by atoms with Crippen molar-refractivity contribution in [3.05, 3.63) is 71.4 Å². The fourth-order valence-electron chi connectivity index (χ4n) is 2.64. The van der Waals surface area contributed by atoms with Gasteiger partial charge in [0.1, 0.15) is 11.6 Å². The average Bonchev–Trinajstić information content (AvgIpc) is 2.68. The minimum absolute atomic E-state index is 0.517. The fourth-order valence-corrected chi connectivity index (χ4v) is 2.64. The molecule has 3 rings (SSSR count). The van der Waals surface area contributed by atoms with Crippen molar-refractivity contribution in [1.82, 2.24) is 9.97 Å². The number of hydrogen-bond acceptors (Lipinski definition) is 6. The molecule has 2 aromatic carbocycles. The molecule has 2 N–H and O–H groups in total. The molecule has 0 aliphatic rings. The Kier molecular flexibility index (Phi) is 5.85. The summed E-state index contributed by atoms with van der Waals surface area (Å²) in [6, 6.07) is 19.2. The Labute approximate surface area is 158 Å². The lowest BCUT2D eigenvalue weighted by Crippen LogP contribution is -2.08. The topological polar surface area (TPSA) is 82.9 Å². The van der Waals surface area contributed by atoms with Gasteiger partial charge in [0.2, 0.25) is 5.95 Å². The fraction of sp³-hybridized carbons (Fsp3) is 0.190. The van der Waals surface area contributed by atoms with E-state index in [9.17, 15) is 0 Å². The lowest BCUT2D eigenvalue weighted by Gasteiger charge is -2.10. The van der Waals surface area contributed by atoms with Gasteiger partial charge in [0.25, 0.3) is 0 Å². The molecular formula is C21H21N5O. The Morgan fingerprint density at radius 1 is 1.07 bits per heavy atom. The summed E-state index contributed by atoms with van der Waals surface area (Å²) >= 11 is 0. The van der Waals surface area contributed by atoms with E-state index < -0.39 is 0 Å². The second kappa shape index (κ2) is 8.68. The van der Waals surface area contributed by atoms with Crippen molar-refractivity contribution >= 4 is 17.5 Å². The summed E-state index contributed by atoms with van der Waals surface area (Å²) < 4.78 is 5.25. The van der Waals surface area contributed by atoms with Crippen LogP contribution < -0.4 is 15.4 Å². The molecule has 0 bridgehead atoms. The summed E-state index contributed by atoms with van der Waals surface area (Å²) in [7, 11) is 1.67. The summed E-state index contributed by atoms with van der Waals surface area (Å²) in [4.78, 5) is 8.93. The normalized spacial score (nSPS) is 10.1. The number of nitrogens with zero attached hydrogens (tertiary/aromatic N) is 3. The Morgan fingerprint density at radius 3 is 2.63 bits per heavy atom. The van der Waals surface area contributed by atoms with Crippen LogP contribution in [0.3, 0.4) is 0 Å². The standard InChI is InChI=1S/C21H21N5O/c1-15-12-20(23-11-10-16-4-3-5-19(13-16)27-2)26-21(24-15)25-18-8-6-17(14-22)7-9-18/h3-9,12-13H,10-11H2,1-2H3,(H2,23,24,25,26). The van der Waals surface area contributed by atoms with Crippen molar-refractivity contribution in [3.63, 3.8) is 0 Å². The zero-order valence-electron chi connectivity index (χ0n) is 15.4. The highest BCUT2D eigenvalue weighted by Gasteiger charge is 2.04. The first-order valence-electron chi connectivity index (χ1n) is 8.66. The maximum atomic E-state index is 8.87. The molecule has 0 atom stereocenters. The third-order valence-electron chi connectivity index (χ3n) is 3.98. The van der Waals surface area contributed by atoms with Crippen molar-refractivity contribution in [3.8, 4) is 11.8 Å². The molecule has 6 nitrogen and oxygen atoms in total. The van der Waals surface area contributed by atoms with Crippen molar-refractivity contribution in [2.45, 2.75) is 13.3 Å². The van der Waals surface area contributed by atoms with E-state index in [1.165, 1.54) is 5.56 Å². The van der Waals surface area contributed by atoms with Crippen LogP contribution in [0.5, 0.6) is 5.75 Å². The molecule has 0 radical (unpaired) electrons. The number of benzene rings is 2. The van der Waals surface area contributed by atoms with Gasteiger partial charge in [-0.1, -0.05) is 12.1 Å². The highest BCUT2D eigenvalue weighted by molar-refractivity contribution is 5.56. The van der Waals surface area contributed by atoms with E-state index in [1.807, 2.05) is 43.3 Å². The predicted octanol–water partition coefficient (Wildman–Crippen LogP) is 4.06. The van der Waals surface area contributed by atoms with Gasteiger partial charge in [0.15, 0.2) is 0 Å². The molecule has 3 aromatic rings. The predicted molar refractivity (Wildman–Crippen MR) is 106 cm³/mol. The maximum Gasteiger partial charge on any atom is 0.229 e. The smallest absolute Gasteiger partial charge is 0.229 e. The van der Waals surface area contributed by atoms with Crippen LogP contribution in [0.2, 0.25) is 0 Å². The van der Waals surface area contributed by atoms with E-state index in [-0.39, 0.29) is 0 Å². The first-order valence-corrected chi connectivity index (χ1v) is 8.66. The third-order valence-corrected chi connectivity index (χ3v) is 3.98. The van der Waals surface area contributed by atoms with Crippen LogP contribution >= 0.6 is 0 Å². The molecule has 0 saturated carbocycles. The Bertz CT molecular complexity index is 948. The second-order valence-corrected chi connectivity index (χ2v) is 6.06. The van der Waals surface area contributed by atoms with Crippen LogP contribution in [0.25, 0.3) is 0 Å². The number of rotatable bonds is 7. The van der Waals surface area contributed by atoms with Gasteiger partial charge in [-0.05, 0) is 55.3 Å². The van der Waals surface area contributed by atoms with Crippen molar-refractivity contribution in [1.29, 1.82) is 5.26 Å². The van der Waals surface area contributed by atoms with Gasteiger partial charge in [0, 0.05) is 24.0 Å². The van der Waals surface area contributed by atoms with Crippen LogP contribution in [0.1, 0.15) is 16.8 Å². The third kappa shape index (κ3) is 5.19. The lowest BCUT2D eigenvalue weighted by atomic mass is 10.1. The number of nitriles is 1. The zero-order chi connectivity index (χ0) is 19.1. The molecule has 0 amide bonds. The lowest BCUT2D eigenvalue weighted by molar-refractivity contribution is 0.414. The molecule has 0 aliphatic heterocycles. The largest absolute Gasteiger partial charge is 0.497 e. The van der Waals surface area contributed by atoms with E-state index in [4.69, 9.17) is 10.00 Å². The summed E-state index contributed by atoms with van der Waals surface area (Å²) in [5, 5.41) is 15.4. The van der Waals surface area contributed by atoms with Crippen molar-refractivity contribution in [2.75, 3.05) is 24.3 Å². The molecule has 1 heterocycles. The molecule has 0 fully saturated rings. The molecular weight excluding hydrogens is 338 g/mol. The summed E-state index contributed by atoms with van der Waals surface area (Å²) in [6.45, 7) is 2.68. The van der Waals surface area contributed by atoms with E-state index in [0.29, 0.717) is 11.5 Å². The van der Waals surface area contributed by atoms with Crippen LogP contribution in [0.4, 0.5) is 17.5 Å². The SMILES string of the molecule is COc1cccc(CCNc2cc(C)nc(Nc3ccc(C#N)cc3)n2)c1. The Balaban J connectivity index is 1.63. The number of methoxy groups -OCH3 is 1. The highest BCUT2D eigenvalue weighted by Crippen LogP contribution is 2.17. The average molecular weight is 359 g/mol. The van der Waals surface area contributed by atoms with Crippen LogP contribution in [0, 0.1) is 18.3 Å². The summed E-state index contributed by atoms with van der Waals surface area (Å²) in [6.07, 6.45) is 0.860. The molecule has 1 aromatic heterocycles. The van der Waals surface area contributed by atoms with Gasteiger partial charge in [0.05, 0.1) is 18.7 Å². The van der Waals surface area contributed by atoms with Gasteiger partial charge < -0.3 is 15.4 Å². The molecule has 6 heteroatoms. The number of hydrogen-bond donors (Lipinski definition) is 2. The highest BCUT2D eigenvalue weighted by atomic mass is 16.5. The monoisotopic (exact) mass is 359 g/mol. The number of anilines is 3. The molecule has 27 heavy (non-hydrogen) atoms. The number of ether oxygens (including phenoxy) is 1. The van der Waals surface area contributed by atoms with Crippen LogP contribution in [-0.4, -0.2) is 23.6 Å². The molecule has 136 valence electrons. The van der Waals surface area contributed by atoms with Crippen molar-refractivity contribution in [2.24, 2.45) is 0 Å². The van der Waals surface area contributed by atoms with E-state index >= 15 is 0 Å². The van der Waals surface area contributed by atoms with Crippen molar-refractivity contribution < 1.29 is 4.74 Å². The van der Waals surface area contributed by atoms with Gasteiger partial charge >= 0.3 is 0 Å².